The lowest BCUT2D eigenvalue weighted by molar-refractivity contribution is 0.159. The molecule has 22 heavy (non-hydrogen) atoms. The Morgan fingerprint density at radius 2 is 2.18 bits per heavy atom. The van der Waals surface area contributed by atoms with Gasteiger partial charge in [-0.15, -0.1) is 5.10 Å². The topological polar surface area (TPSA) is 89.1 Å². The molecule has 1 saturated heterocycles. The summed E-state index contributed by atoms with van der Waals surface area (Å²) in [6.07, 6.45) is 7.67. The van der Waals surface area contributed by atoms with Crippen LogP contribution in [0.2, 0.25) is 0 Å². The molecule has 1 aromatic heterocycles. The Bertz CT molecular complexity index is 548. The quantitative estimate of drug-likeness (QED) is 0.867. The summed E-state index contributed by atoms with van der Waals surface area (Å²) in [4.78, 5) is 14.4. The molecule has 1 aromatic rings. The molecule has 0 radical (unpaired) electrons. The SMILES string of the molecule is NCc1cn(C2CCCN(C(=O)NC3CC4CC4C3)C2)nn1. The Morgan fingerprint density at radius 3 is 2.91 bits per heavy atom. The van der Waals surface area contributed by atoms with Gasteiger partial charge in [0, 0.05) is 25.7 Å². The highest BCUT2D eigenvalue weighted by Crippen LogP contribution is 2.51. The van der Waals surface area contributed by atoms with Gasteiger partial charge in [-0.25, -0.2) is 9.48 Å². The van der Waals surface area contributed by atoms with Crippen LogP contribution in [0.5, 0.6) is 0 Å². The number of likely N-dealkylation sites (tertiary alicyclic amines) is 1. The van der Waals surface area contributed by atoms with Crippen LogP contribution in [-0.4, -0.2) is 45.1 Å². The third-order valence-corrected chi connectivity index (χ3v) is 5.40. The lowest BCUT2D eigenvalue weighted by Gasteiger charge is -2.33. The number of nitrogens with zero attached hydrogens (tertiary/aromatic N) is 4. The Hall–Kier alpha value is -1.63. The summed E-state index contributed by atoms with van der Waals surface area (Å²) in [5.41, 5.74) is 6.38. The highest BCUT2D eigenvalue weighted by molar-refractivity contribution is 5.74. The highest BCUT2D eigenvalue weighted by atomic mass is 16.2. The third kappa shape index (κ3) is 2.69. The van der Waals surface area contributed by atoms with Gasteiger partial charge in [-0.2, -0.15) is 0 Å². The Labute approximate surface area is 130 Å². The molecule has 2 aliphatic carbocycles. The van der Waals surface area contributed by atoms with Crippen molar-refractivity contribution in [3.63, 3.8) is 0 Å². The largest absolute Gasteiger partial charge is 0.335 e. The van der Waals surface area contributed by atoms with E-state index in [1.54, 1.807) is 0 Å². The average Bonchev–Trinajstić information content (AvgIpc) is 2.97. The number of carbonyl (C=O) groups excluding carboxylic acids is 1. The van der Waals surface area contributed by atoms with Gasteiger partial charge >= 0.3 is 6.03 Å². The monoisotopic (exact) mass is 304 g/mol. The van der Waals surface area contributed by atoms with Crippen LogP contribution in [0.1, 0.15) is 43.8 Å². The molecule has 0 aromatic carbocycles. The van der Waals surface area contributed by atoms with Gasteiger partial charge in [0.2, 0.25) is 0 Å². The second-order valence-corrected chi connectivity index (χ2v) is 7.01. The number of hydrogen-bond acceptors (Lipinski definition) is 4. The molecule has 2 heterocycles. The molecule has 0 bridgehead atoms. The summed E-state index contributed by atoms with van der Waals surface area (Å²) >= 11 is 0. The molecule has 2 amide bonds. The first kappa shape index (κ1) is 14.0. The van der Waals surface area contributed by atoms with Crippen LogP contribution in [0.25, 0.3) is 0 Å². The van der Waals surface area contributed by atoms with Crippen molar-refractivity contribution in [3.05, 3.63) is 11.9 Å². The predicted octanol–water partition coefficient (Wildman–Crippen LogP) is 0.882. The predicted molar refractivity (Wildman–Crippen MR) is 80.9 cm³/mol. The zero-order valence-electron chi connectivity index (χ0n) is 12.8. The van der Waals surface area contributed by atoms with Crippen LogP contribution < -0.4 is 11.1 Å². The number of rotatable bonds is 3. The minimum atomic E-state index is 0.0927. The van der Waals surface area contributed by atoms with Crippen molar-refractivity contribution in [1.29, 1.82) is 0 Å². The fraction of sp³-hybridized carbons (Fsp3) is 0.800. The van der Waals surface area contributed by atoms with E-state index >= 15 is 0 Å². The van der Waals surface area contributed by atoms with E-state index in [1.165, 1.54) is 19.3 Å². The van der Waals surface area contributed by atoms with Gasteiger partial charge in [0.15, 0.2) is 0 Å². The molecule has 3 fully saturated rings. The van der Waals surface area contributed by atoms with Crippen LogP contribution in [0.4, 0.5) is 4.79 Å². The molecule has 7 heteroatoms. The molecule has 3 atom stereocenters. The number of amides is 2. The Balaban J connectivity index is 1.34. The second kappa shape index (κ2) is 5.53. The van der Waals surface area contributed by atoms with Crippen molar-refractivity contribution in [3.8, 4) is 0 Å². The van der Waals surface area contributed by atoms with E-state index in [0.717, 1.165) is 36.9 Å². The van der Waals surface area contributed by atoms with Crippen LogP contribution in [0, 0.1) is 11.8 Å². The number of urea groups is 1. The van der Waals surface area contributed by atoms with Gasteiger partial charge in [0.05, 0.1) is 17.9 Å². The van der Waals surface area contributed by atoms with Gasteiger partial charge in [-0.05, 0) is 43.9 Å². The fourth-order valence-electron chi connectivity index (χ4n) is 4.04. The zero-order chi connectivity index (χ0) is 15.1. The molecular weight excluding hydrogens is 280 g/mol. The van der Waals surface area contributed by atoms with Gasteiger partial charge < -0.3 is 16.0 Å². The third-order valence-electron chi connectivity index (χ3n) is 5.40. The molecule has 3 unspecified atom stereocenters. The standard InChI is InChI=1S/C15H24N6O/c16-7-13-8-21(19-18-13)14-2-1-3-20(9-14)15(22)17-12-5-10-4-11(10)6-12/h8,10-12,14H,1-7,9,16H2,(H,17,22). The van der Waals surface area contributed by atoms with Crippen molar-refractivity contribution < 1.29 is 4.79 Å². The van der Waals surface area contributed by atoms with E-state index in [4.69, 9.17) is 5.73 Å². The van der Waals surface area contributed by atoms with Gasteiger partial charge in [-0.1, -0.05) is 5.21 Å². The molecular formula is C15H24N6O. The molecule has 7 nitrogen and oxygen atoms in total. The van der Waals surface area contributed by atoms with Crippen molar-refractivity contribution in [1.82, 2.24) is 25.2 Å². The summed E-state index contributed by atoms with van der Waals surface area (Å²) in [6.45, 7) is 1.94. The Morgan fingerprint density at radius 1 is 1.36 bits per heavy atom. The number of carbonyl (C=O) groups is 1. The number of piperidine rings is 1. The summed E-state index contributed by atoms with van der Waals surface area (Å²) in [5, 5.41) is 11.4. The molecule has 4 rings (SSSR count). The number of nitrogens with two attached hydrogens (primary N) is 1. The maximum Gasteiger partial charge on any atom is 0.317 e. The Kier molecular flexibility index (Phi) is 3.52. The van der Waals surface area contributed by atoms with E-state index in [-0.39, 0.29) is 12.1 Å². The van der Waals surface area contributed by atoms with Crippen molar-refractivity contribution in [2.75, 3.05) is 13.1 Å². The minimum absolute atomic E-state index is 0.0927. The lowest BCUT2D eigenvalue weighted by Crippen LogP contribution is -2.48. The summed E-state index contributed by atoms with van der Waals surface area (Å²) < 4.78 is 1.87. The van der Waals surface area contributed by atoms with Gasteiger partial charge in [-0.3, -0.25) is 0 Å². The van der Waals surface area contributed by atoms with Gasteiger partial charge in [0.25, 0.3) is 0 Å². The first-order valence-electron chi connectivity index (χ1n) is 8.39. The number of aromatic nitrogens is 3. The molecule has 120 valence electrons. The van der Waals surface area contributed by atoms with Crippen LogP contribution in [0.3, 0.4) is 0 Å². The van der Waals surface area contributed by atoms with Crippen molar-refractivity contribution >= 4 is 6.03 Å². The molecule has 3 N–H and O–H groups in total. The average molecular weight is 304 g/mol. The summed E-state index contributed by atoms with van der Waals surface area (Å²) in [6, 6.07) is 0.700. The maximum atomic E-state index is 12.5. The number of fused-ring (bicyclic) bond motifs is 1. The van der Waals surface area contributed by atoms with E-state index in [2.05, 4.69) is 15.6 Å². The minimum Gasteiger partial charge on any atom is -0.335 e. The van der Waals surface area contributed by atoms with Crippen molar-refractivity contribution in [2.24, 2.45) is 17.6 Å². The van der Waals surface area contributed by atoms with Crippen LogP contribution >= 0.6 is 0 Å². The van der Waals surface area contributed by atoms with E-state index in [9.17, 15) is 4.79 Å². The van der Waals surface area contributed by atoms with E-state index in [1.807, 2.05) is 15.8 Å². The highest BCUT2D eigenvalue weighted by Gasteiger charge is 2.46. The smallest absolute Gasteiger partial charge is 0.317 e. The van der Waals surface area contributed by atoms with Crippen molar-refractivity contribution in [2.45, 2.75) is 50.7 Å². The first-order chi connectivity index (χ1) is 10.7. The fourth-order valence-corrected chi connectivity index (χ4v) is 4.04. The zero-order valence-corrected chi connectivity index (χ0v) is 12.8. The molecule has 0 spiro atoms. The van der Waals surface area contributed by atoms with E-state index in [0.29, 0.717) is 19.1 Å². The van der Waals surface area contributed by atoms with Crippen LogP contribution in [0.15, 0.2) is 6.20 Å². The first-order valence-corrected chi connectivity index (χ1v) is 8.39. The summed E-state index contributed by atoms with van der Waals surface area (Å²) in [5.74, 6) is 1.79. The number of nitrogens with one attached hydrogen (secondary N) is 1. The van der Waals surface area contributed by atoms with Gasteiger partial charge in [0.1, 0.15) is 0 Å². The normalized spacial score (nSPS) is 33.6. The molecule has 2 saturated carbocycles. The molecule has 1 aliphatic heterocycles. The summed E-state index contributed by atoms with van der Waals surface area (Å²) in [7, 11) is 0. The second-order valence-electron chi connectivity index (χ2n) is 7.01. The van der Waals surface area contributed by atoms with Crippen LogP contribution in [-0.2, 0) is 6.54 Å². The van der Waals surface area contributed by atoms with E-state index < -0.39 is 0 Å². The number of hydrogen-bond donors (Lipinski definition) is 2. The maximum absolute atomic E-state index is 12.5. The molecule has 3 aliphatic rings. The lowest BCUT2D eigenvalue weighted by atomic mass is 10.1.